The largest absolute Gasteiger partial charge is 0.322 e. The fourth-order valence-corrected chi connectivity index (χ4v) is 3.61. The van der Waals surface area contributed by atoms with E-state index in [4.69, 9.17) is 0 Å². The predicted octanol–water partition coefficient (Wildman–Crippen LogP) is 3.08. The number of nitrogens with zero attached hydrogens (tertiary/aromatic N) is 3. The molecule has 0 aliphatic heterocycles. The van der Waals surface area contributed by atoms with Crippen LogP contribution in [0.3, 0.4) is 0 Å². The fraction of sp³-hybridized carbons (Fsp3) is 0. The number of aromatic nitrogens is 3. The molecule has 0 unspecified atom stereocenters. The number of hydrogen-bond donors (Lipinski definition) is 2. The number of carbonyl (C=O) groups excluding carboxylic acids is 1. The van der Waals surface area contributed by atoms with E-state index in [1.54, 1.807) is 30.3 Å². The first-order valence-corrected chi connectivity index (χ1v) is 10.1. The number of pyridine rings is 1. The van der Waals surface area contributed by atoms with Crippen LogP contribution in [0.15, 0.2) is 84.1 Å². The predicted molar refractivity (Wildman–Crippen MR) is 109 cm³/mol. The zero-order valence-electron chi connectivity index (χ0n) is 15.0. The lowest BCUT2D eigenvalue weighted by molar-refractivity contribution is 0.102. The maximum absolute atomic E-state index is 12.6. The molecule has 0 spiro atoms. The number of benzene rings is 2. The van der Waals surface area contributed by atoms with Crippen LogP contribution >= 0.6 is 0 Å². The Morgan fingerprint density at radius 2 is 1.55 bits per heavy atom. The minimum absolute atomic E-state index is 0.0365. The molecule has 29 heavy (non-hydrogen) atoms. The standard InChI is InChI=1S/C20H15N5O3S/c26-20(14-9-11-21-12-10-14)23-15-5-7-16(8-6-15)29(27,28)25-19-13-22-17-3-1-2-4-18(17)24-19/h1-13H,(H,23,26)(H,24,25). The Balaban J connectivity index is 1.50. The molecule has 0 aliphatic rings. The molecule has 0 aliphatic carbocycles. The van der Waals surface area contributed by atoms with E-state index in [2.05, 4.69) is 25.0 Å². The molecule has 0 atom stereocenters. The zero-order valence-corrected chi connectivity index (χ0v) is 15.8. The fourth-order valence-electron chi connectivity index (χ4n) is 2.63. The van der Waals surface area contributed by atoms with E-state index in [0.29, 0.717) is 22.3 Å². The second kappa shape index (κ2) is 7.64. The zero-order chi connectivity index (χ0) is 20.3. The monoisotopic (exact) mass is 405 g/mol. The van der Waals surface area contributed by atoms with Crippen molar-refractivity contribution >= 4 is 38.5 Å². The van der Waals surface area contributed by atoms with Gasteiger partial charge in [0.15, 0.2) is 5.82 Å². The first-order chi connectivity index (χ1) is 14.0. The van der Waals surface area contributed by atoms with E-state index in [1.165, 1.54) is 42.9 Å². The summed E-state index contributed by atoms with van der Waals surface area (Å²) in [5.74, 6) is -0.189. The van der Waals surface area contributed by atoms with Crippen molar-refractivity contribution < 1.29 is 13.2 Å². The molecule has 4 rings (SSSR count). The number of anilines is 2. The van der Waals surface area contributed by atoms with Gasteiger partial charge < -0.3 is 5.32 Å². The van der Waals surface area contributed by atoms with Gasteiger partial charge in [-0.15, -0.1) is 0 Å². The lowest BCUT2D eigenvalue weighted by Gasteiger charge is -2.09. The lowest BCUT2D eigenvalue weighted by Crippen LogP contribution is -2.15. The van der Waals surface area contributed by atoms with Gasteiger partial charge in [0.25, 0.3) is 15.9 Å². The Hall–Kier alpha value is -3.85. The average molecular weight is 405 g/mol. The van der Waals surface area contributed by atoms with Gasteiger partial charge in [-0.3, -0.25) is 19.5 Å². The summed E-state index contributed by atoms with van der Waals surface area (Å²) in [5, 5.41) is 2.70. The second-order valence-electron chi connectivity index (χ2n) is 6.06. The summed E-state index contributed by atoms with van der Waals surface area (Å²) in [6.45, 7) is 0. The minimum atomic E-state index is -3.85. The number of carbonyl (C=O) groups is 1. The van der Waals surface area contributed by atoms with Crippen molar-refractivity contribution in [1.82, 2.24) is 15.0 Å². The number of nitrogens with one attached hydrogen (secondary N) is 2. The molecular weight excluding hydrogens is 390 g/mol. The Morgan fingerprint density at radius 1 is 0.862 bits per heavy atom. The molecule has 144 valence electrons. The van der Waals surface area contributed by atoms with Crippen molar-refractivity contribution in [3.8, 4) is 0 Å². The molecule has 2 aromatic carbocycles. The van der Waals surface area contributed by atoms with Crippen LogP contribution in [-0.4, -0.2) is 29.3 Å². The number of rotatable bonds is 5. The molecule has 4 aromatic rings. The van der Waals surface area contributed by atoms with E-state index < -0.39 is 10.0 Å². The first kappa shape index (κ1) is 18.5. The molecule has 0 fully saturated rings. The second-order valence-corrected chi connectivity index (χ2v) is 7.75. The SMILES string of the molecule is O=C(Nc1ccc(S(=O)(=O)Nc2cnc3ccccc3n2)cc1)c1ccncc1. The van der Waals surface area contributed by atoms with E-state index in [-0.39, 0.29) is 16.6 Å². The van der Waals surface area contributed by atoms with Crippen LogP contribution < -0.4 is 10.0 Å². The van der Waals surface area contributed by atoms with Crippen LogP contribution in [0.4, 0.5) is 11.5 Å². The lowest BCUT2D eigenvalue weighted by atomic mass is 10.2. The van der Waals surface area contributed by atoms with Gasteiger partial charge in [-0.25, -0.2) is 13.4 Å². The van der Waals surface area contributed by atoms with Gasteiger partial charge in [-0.2, -0.15) is 0 Å². The third-order valence-electron chi connectivity index (χ3n) is 4.05. The van der Waals surface area contributed by atoms with Crippen molar-refractivity contribution in [3.05, 3.63) is 84.8 Å². The van der Waals surface area contributed by atoms with Crippen LogP contribution in [0.1, 0.15) is 10.4 Å². The molecule has 2 N–H and O–H groups in total. The summed E-state index contributed by atoms with van der Waals surface area (Å²) in [4.78, 5) is 24.5. The number of amides is 1. The van der Waals surface area contributed by atoms with Gasteiger partial charge in [0.05, 0.1) is 22.1 Å². The molecule has 2 heterocycles. The highest BCUT2D eigenvalue weighted by Gasteiger charge is 2.16. The highest BCUT2D eigenvalue weighted by molar-refractivity contribution is 7.92. The molecule has 0 saturated heterocycles. The van der Waals surface area contributed by atoms with Gasteiger partial charge in [0.2, 0.25) is 0 Å². The van der Waals surface area contributed by atoms with Crippen molar-refractivity contribution in [2.24, 2.45) is 0 Å². The van der Waals surface area contributed by atoms with Crippen molar-refractivity contribution in [3.63, 3.8) is 0 Å². The minimum Gasteiger partial charge on any atom is -0.322 e. The summed E-state index contributed by atoms with van der Waals surface area (Å²) in [7, 11) is -3.85. The summed E-state index contributed by atoms with van der Waals surface area (Å²) in [5.41, 5.74) is 2.18. The first-order valence-electron chi connectivity index (χ1n) is 8.57. The maximum atomic E-state index is 12.6. The van der Waals surface area contributed by atoms with Crippen molar-refractivity contribution in [1.29, 1.82) is 0 Å². The topological polar surface area (TPSA) is 114 Å². The molecule has 2 aromatic heterocycles. The Kier molecular flexibility index (Phi) is 4.88. The molecule has 0 bridgehead atoms. The molecule has 0 radical (unpaired) electrons. The summed E-state index contributed by atoms with van der Waals surface area (Å²) in [6, 6.07) is 16.2. The number of para-hydroxylation sites is 2. The van der Waals surface area contributed by atoms with E-state index in [0.717, 1.165) is 0 Å². The summed E-state index contributed by atoms with van der Waals surface area (Å²) >= 11 is 0. The summed E-state index contributed by atoms with van der Waals surface area (Å²) in [6.07, 6.45) is 4.40. The maximum Gasteiger partial charge on any atom is 0.263 e. The van der Waals surface area contributed by atoms with Gasteiger partial charge in [-0.05, 0) is 48.5 Å². The highest BCUT2D eigenvalue weighted by Crippen LogP contribution is 2.19. The quantitative estimate of drug-likeness (QED) is 0.527. The van der Waals surface area contributed by atoms with Crippen LogP contribution in [0.2, 0.25) is 0 Å². The number of fused-ring (bicyclic) bond motifs is 1. The number of hydrogen-bond acceptors (Lipinski definition) is 6. The third kappa shape index (κ3) is 4.19. The summed E-state index contributed by atoms with van der Waals surface area (Å²) < 4.78 is 27.7. The van der Waals surface area contributed by atoms with Gasteiger partial charge >= 0.3 is 0 Å². The van der Waals surface area contributed by atoms with Crippen molar-refractivity contribution in [2.75, 3.05) is 10.0 Å². The van der Waals surface area contributed by atoms with E-state index in [1.807, 2.05) is 6.07 Å². The Bertz CT molecular complexity index is 1280. The highest BCUT2D eigenvalue weighted by atomic mass is 32.2. The van der Waals surface area contributed by atoms with E-state index in [9.17, 15) is 13.2 Å². The average Bonchev–Trinajstić information content (AvgIpc) is 2.74. The molecular formula is C20H15N5O3S. The van der Waals surface area contributed by atoms with Crippen LogP contribution in [0.5, 0.6) is 0 Å². The molecule has 1 amide bonds. The van der Waals surface area contributed by atoms with Gasteiger partial charge in [0.1, 0.15) is 0 Å². The third-order valence-corrected chi connectivity index (χ3v) is 5.42. The van der Waals surface area contributed by atoms with Crippen LogP contribution in [-0.2, 0) is 10.0 Å². The van der Waals surface area contributed by atoms with Crippen molar-refractivity contribution in [2.45, 2.75) is 4.90 Å². The number of sulfonamides is 1. The Labute approximate surface area is 166 Å². The molecule has 9 heteroatoms. The normalized spacial score (nSPS) is 11.2. The molecule has 0 saturated carbocycles. The van der Waals surface area contributed by atoms with Gasteiger partial charge in [-0.1, -0.05) is 12.1 Å². The van der Waals surface area contributed by atoms with Crippen LogP contribution in [0.25, 0.3) is 11.0 Å². The molecule has 8 nitrogen and oxygen atoms in total. The van der Waals surface area contributed by atoms with Crippen LogP contribution in [0, 0.1) is 0 Å². The Morgan fingerprint density at radius 3 is 2.28 bits per heavy atom. The van der Waals surface area contributed by atoms with E-state index >= 15 is 0 Å². The smallest absolute Gasteiger partial charge is 0.263 e. The van der Waals surface area contributed by atoms with Gasteiger partial charge in [0, 0.05) is 23.6 Å².